The Kier molecular flexibility index (Phi) is 2.53. The predicted octanol–water partition coefficient (Wildman–Crippen LogP) is -1.48. The minimum absolute atomic E-state index is 0.186. The van der Waals surface area contributed by atoms with Crippen LogP contribution in [-0.4, -0.2) is 21.9 Å². The van der Waals surface area contributed by atoms with Crippen LogP contribution in [0, 0.1) is 0 Å². The Morgan fingerprint density at radius 1 is 1.64 bits per heavy atom. The summed E-state index contributed by atoms with van der Waals surface area (Å²) in [6.45, 7) is -0.0192. The molecule has 5 N–H and O–H groups in total. The Morgan fingerprint density at radius 2 is 2.36 bits per heavy atom. The minimum atomic E-state index is -0.584. The van der Waals surface area contributed by atoms with Crippen LogP contribution in [0.1, 0.15) is 17.8 Å². The molecule has 0 spiro atoms. The topological polar surface area (TPSA) is 111 Å². The SMILES string of the molecule is NCc1nc(C(N)CO)no1. The Bertz CT molecular complexity index is 224. The lowest BCUT2D eigenvalue weighted by Gasteiger charge is -1.98. The second-order valence-corrected chi connectivity index (χ2v) is 2.04. The van der Waals surface area contributed by atoms with E-state index in [4.69, 9.17) is 16.6 Å². The smallest absolute Gasteiger partial charge is 0.240 e. The molecular weight excluding hydrogens is 148 g/mol. The number of rotatable bonds is 3. The third-order valence-corrected chi connectivity index (χ3v) is 1.19. The van der Waals surface area contributed by atoms with Crippen LogP contribution < -0.4 is 11.5 Å². The van der Waals surface area contributed by atoms with Crippen molar-refractivity contribution < 1.29 is 9.63 Å². The molecule has 0 aliphatic carbocycles. The zero-order valence-electron chi connectivity index (χ0n) is 5.90. The van der Waals surface area contributed by atoms with E-state index >= 15 is 0 Å². The van der Waals surface area contributed by atoms with Gasteiger partial charge >= 0.3 is 0 Å². The van der Waals surface area contributed by atoms with Gasteiger partial charge in [0.05, 0.1) is 19.2 Å². The number of aliphatic hydroxyl groups is 1. The average Bonchev–Trinajstić information content (AvgIpc) is 2.50. The minimum Gasteiger partial charge on any atom is -0.394 e. The second kappa shape index (κ2) is 3.42. The molecule has 1 heterocycles. The highest BCUT2D eigenvalue weighted by Crippen LogP contribution is 2.03. The lowest BCUT2D eigenvalue weighted by molar-refractivity contribution is 0.259. The Morgan fingerprint density at radius 3 is 2.82 bits per heavy atom. The lowest BCUT2D eigenvalue weighted by atomic mass is 10.3. The van der Waals surface area contributed by atoms with Gasteiger partial charge in [-0.15, -0.1) is 0 Å². The number of nitrogens with two attached hydrogens (primary N) is 2. The number of hydrogen-bond donors (Lipinski definition) is 3. The zero-order valence-corrected chi connectivity index (χ0v) is 5.90. The molecule has 0 amide bonds. The number of hydrogen-bond acceptors (Lipinski definition) is 6. The number of aromatic nitrogens is 2. The first-order valence-corrected chi connectivity index (χ1v) is 3.17. The molecule has 0 radical (unpaired) electrons. The maximum absolute atomic E-state index is 8.59. The van der Waals surface area contributed by atoms with Gasteiger partial charge in [0, 0.05) is 0 Å². The Balaban J connectivity index is 2.71. The van der Waals surface area contributed by atoms with Crippen molar-refractivity contribution in [2.75, 3.05) is 6.61 Å². The molecule has 0 saturated heterocycles. The molecule has 1 atom stereocenters. The summed E-state index contributed by atoms with van der Waals surface area (Å²) in [5.41, 5.74) is 10.6. The van der Waals surface area contributed by atoms with Crippen molar-refractivity contribution in [3.63, 3.8) is 0 Å². The Hall–Kier alpha value is -0.980. The van der Waals surface area contributed by atoms with Gasteiger partial charge in [-0.05, 0) is 0 Å². The summed E-state index contributed by atoms with van der Waals surface area (Å²) >= 11 is 0. The van der Waals surface area contributed by atoms with Crippen molar-refractivity contribution in [2.24, 2.45) is 11.5 Å². The van der Waals surface area contributed by atoms with Gasteiger partial charge in [-0.2, -0.15) is 4.98 Å². The highest BCUT2D eigenvalue weighted by molar-refractivity contribution is 4.91. The van der Waals surface area contributed by atoms with Crippen molar-refractivity contribution in [1.29, 1.82) is 0 Å². The molecule has 6 nitrogen and oxygen atoms in total. The molecule has 62 valence electrons. The monoisotopic (exact) mass is 158 g/mol. The van der Waals surface area contributed by atoms with E-state index in [2.05, 4.69) is 14.7 Å². The van der Waals surface area contributed by atoms with E-state index < -0.39 is 6.04 Å². The molecule has 1 aromatic heterocycles. The van der Waals surface area contributed by atoms with Crippen molar-refractivity contribution in [1.82, 2.24) is 10.1 Å². The van der Waals surface area contributed by atoms with Gasteiger partial charge < -0.3 is 21.1 Å². The van der Waals surface area contributed by atoms with Gasteiger partial charge in [-0.3, -0.25) is 0 Å². The van der Waals surface area contributed by atoms with Crippen LogP contribution >= 0.6 is 0 Å². The fourth-order valence-corrected chi connectivity index (χ4v) is 0.583. The van der Waals surface area contributed by atoms with Crippen molar-refractivity contribution >= 4 is 0 Å². The summed E-state index contributed by atoms with van der Waals surface area (Å²) in [6, 6.07) is -0.584. The largest absolute Gasteiger partial charge is 0.394 e. The molecule has 0 aliphatic heterocycles. The molecular formula is C5H10N4O2. The van der Waals surface area contributed by atoms with Crippen LogP contribution in [0.2, 0.25) is 0 Å². The van der Waals surface area contributed by atoms with Gasteiger partial charge in [0.15, 0.2) is 5.82 Å². The first-order chi connectivity index (χ1) is 5.27. The molecule has 0 saturated carbocycles. The van der Waals surface area contributed by atoms with E-state index in [0.717, 1.165) is 0 Å². The molecule has 1 aromatic rings. The number of nitrogens with zero attached hydrogens (tertiary/aromatic N) is 2. The van der Waals surface area contributed by atoms with Crippen molar-refractivity contribution in [3.05, 3.63) is 11.7 Å². The predicted molar refractivity (Wildman–Crippen MR) is 36.2 cm³/mol. The Labute approximate surface area is 63.2 Å². The van der Waals surface area contributed by atoms with E-state index in [9.17, 15) is 0 Å². The summed E-state index contributed by atoms with van der Waals surface area (Å²) in [6.07, 6.45) is 0. The van der Waals surface area contributed by atoms with E-state index in [1.54, 1.807) is 0 Å². The normalized spacial score (nSPS) is 13.4. The van der Waals surface area contributed by atoms with Crippen LogP contribution in [0.25, 0.3) is 0 Å². The lowest BCUT2D eigenvalue weighted by Crippen LogP contribution is -2.16. The highest BCUT2D eigenvalue weighted by atomic mass is 16.5. The molecule has 0 aromatic carbocycles. The third kappa shape index (κ3) is 1.73. The van der Waals surface area contributed by atoms with Crippen LogP contribution in [0.15, 0.2) is 4.52 Å². The summed E-state index contributed by atoms with van der Waals surface area (Å²) in [5, 5.41) is 12.1. The van der Waals surface area contributed by atoms with Crippen LogP contribution in [-0.2, 0) is 6.54 Å². The molecule has 0 fully saturated rings. The van der Waals surface area contributed by atoms with E-state index in [1.165, 1.54) is 0 Å². The zero-order chi connectivity index (χ0) is 8.27. The van der Waals surface area contributed by atoms with E-state index in [1.807, 2.05) is 0 Å². The fraction of sp³-hybridized carbons (Fsp3) is 0.600. The first kappa shape index (κ1) is 8.12. The van der Waals surface area contributed by atoms with Crippen LogP contribution in [0.3, 0.4) is 0 Å². The molecule has 0 bridgehead atoms. The van der Waals surface area contributed by atoms with Crippen LogP contribution in [0.5, 0.6) is 0 Å². The molecule has 1 rings (SSSR count). The van der Waals surface area contributed by atoms with Crippen LogP contribution in [0.4, 0.5) is 0 Å². The van der Waals surface area contributed by atoms with Gasteiger partial charge in [-0.1, -0.05) is 5.16 Å². The maximum Gasteiger partial charge on any atom is 0.240 e. The summed E-state index contributed by atoms with van der Waals surface area (Å²) in [4.78, 5) is 3.81. The molecule has 0 aliphatic rings. The summed E-state index contributed by atoms with van der Waals surface area (Å²) in [7, 11) is 0. The van der Waals surface area contributed by atoms with Gasteiger partial charge in [0.1, 0.15) is 0 Å². The highest BCUT2D eigenvalue weighted by Gasteiger charge is 2.11. The molecule has 1 unspecified atom stereocenters. The molecule has 6 heteroatoms. The van der Waals surface area contributed by atoms with Gasteiger partial charge in [0.2, 0.25) is 5.89 Å². The quantitative estimate of drug-likeness (QED) is 0.494. The molecule has 11 heavy (non-hydrogen) atoms. The van der Waals surface area contributed by atoms with Crippen molar-refractivity contribution in [3.8, 4) is 0 Å². The third-order valence-electron chi connectivity index (χ3n) is 1.19. The summed E-state index contributed by atoms with van der Waals surface area (Å²) in [5.74, 6) is 0.608. The fourth-order valence-electron chi connectivity index (χ4n) is 0.583. The first-order valence-electron chi connectivity index (χ1n) is 3.17. The van der Waals surface area contributed by atoms with Gasteiger partial charge in [0.25, 0.3) is 0 Å². The maximum atomic E-state index is 8.59. The number of aliphatic hydroxyl groups excluding tert-OH is 1. The second-order valence-electron chi connectivity index (χ2n) is 2.04. The van der Waals surface area contributed by atoms with Crippen molar-refractivity contribution in [2.45, 2.75) is 12.6 Å². The van der Waals surface area contributed by atoms with Gasteiger partial charge in [-0.25, -0.2) is 0 Å². The summed E-state index contributed by atoms with van der Waals surface area (Å²) < 4.78 is 4.66. The standard InChI is InChI=1S/C5H10N4O2/c6-1-4-8-5(9-11-4)3(7)2-10/h3,10H,1-2,6-7H2. The average molecular weight is 158 g/mol. The van der Waals surface area contributed by atoms with E-state index in [0.29, 0.717) is 5.89 Å². The van der Waals surface area contributed by atoms with E-state index in [-0.39, 0.29) is 19.0 Å².